The molecule has 0 saturated carbocycles. The molecule has 0 atom stereocenters. The molecule has 0 aliphatic carbocycles. The van der Waals surface area contributed by atoms with Gasteiger partial charge in [0.25, 0.3) is 0 Å². The molecule has 22 heavy (non-hydrogen) atoms. The monoisotopic (exact) mass is 370 g/mol. The van der Waals surface area contributed by atoms with Crippen molar-refractivity contribution in [3.05, 3.63) is 52.1 Å². The number of rotatable bonds is 5. The molecule has 118 valence electrons. The van der Waals surface area contributed by atoms with Crippen molar-refractivity contribution in [2.75, 3.05) is 14.2 Å². The zero-order chi connectivity index (χ0) is 16.1. The molecule has 5 nitrogen and oxygen atoms in total. The fourth-order valence-electron chi connectivity index (χ4n) is 1.87. The van der Waals surface area contributed by atoms with Crippen LogP contribution in [0.2, 0.25) is 0 Å². The molecule has 1 heterocycles. The molecule has 0 unspecified atom stereocenters. The molecule has 0 aliphatic heterocycles. The topological polar surface area (TPSA) is 54.7 Å². The number of methoxy groups -OCH3 is 1. The second-order valence-electron chi connectivity index (χ2n) is 4.69. The van der Waals surface area contributed by atoms with Crippen molar-refractivity contribution in [3.8, 4) is 5.75 Å². The lowest BCUT2D eigenvalue weighted by Gasteiger charge is -2.16. The molecular formula is C15H16BrFN2O3. The normalized spacial score (nSPS) is 10.4. The van der Waals surface area contributed by atoms with Crippen molar-refractivity contribution in [2.45, 2.75) is 13.1 Å². The van der Waals surface area contributed by atoms with E-state index in [4.69, 9.17) is 9.15 Å². The van der Waals surface area contributed by atoms with Gasteiger partial charge in [-0.2, -0.15) is 0 Å². The van der Waals surface area contributed by atoms with E-state index in [0.29, 0.717) is 22.5 Å². The van der Waals surface area contributed by atoms with Crippen LogP contribution >= 0.6 is 15.9 Å². The van der Waals surface area contributed by atoms with E-state index in [1.807, 2.05) is 0 Å². The molecule has 0 aliphatic rings. The predicted octanol–water partition coefficient (Wildman–Crippen LogP) is 3.53. The number of carbonyl (C=O) groups is 1. The fourth-order valence-corrected chi connectivity index (χ4v) is 2.21. The van der Waals surface area contributed by atoms with E-state index in [-0.39, 0.29) is 18.3 Å². The third-order valence-corrected chi connectivity index (χ3v) is 3.45. The summed E-state index contributed by atoms with van der Waals surface area (Å²) in [4.78, 5) is 13.5. The number of ether oxygens (including phenoxy) is 1. The summed E-state index contributed by atoms with van der Waals surface area (Å²) in [5.74, 6) is 0.388. The highest BCUT2D eigenvalue weighted by molar-refractivity contribution is 9.10. The number of urea groups is 1. The van der Waals surface area contributed by atoms with E-state index in [0.717, 1.165) is 0 Å². The van der Waals surface area contributed by atoms with Crippen molar-refractivity contribution >= 4 is 22.0 Å². The van der Waals surface area contributed by atoms with Gasteiger partial charge in [0.2, 0.25) is 0 Å². The van der Waals surface area contributed by atoms with Crippen LogP contribution in [0.5, 0.6) is 5.75 Å². The average molecular weight is 371 g/mol. The van der Waals surface area contributed by atoms with Gasteiger partial charge >= 0.3 is 6.03 Å². The number of benzene rings is 1. The Hall–Kier alpha value is -2.02. The van der Waals surface area contributed by atoms with Gasteiger partial charge < -0.3 is 19.4 Å². The summed E-state index contributed by atoms with van der Waals surface area (Å²) < 4.78 is 24.4. The van der Waals surface area contributed by atoms with E-state index in [1.165, 1.54) is 24.1 Å². The van der Waals surface area contributed by atoms with Crippen LogP contribution in [0.3, 0.4) is 0 Å². The molecule has 0 radical (unpaired) electrons. The molecule has 0 saturated heterocycles. The summed E-state index contributed by atoms with van der Waals surface area (Å²) in [7, 11) is 3.06. The van der Waals surface area contributed by atoms with Crippen LogP contribution in [0.4, 0.5) is 9.18 Å². The smallest absolute Gasteiger partial charge is 0.317 e. The Morgan fingerprint density at radius 2 is 2.18 bits per heavy atom. The predicted molar refractivity (Wildman–Crippen MR) is 83.1 cm³/mol. The van der Waals surface area contributed by atoms with Crippen LogP contribution in [0.1, 0.15) is 11.3 Å². The van der Waals surface area contributed by atoms with Crippen LogP contribution < -0.4 is 10.1 Å². The SMILES string of the molecule is COc1ccc(CNC(=O)N(C)Cc2ccc(Br)o2)cc1F. The van der Waals surface area contributed by atoms with E-state index in [1.54, 1.807) is 25.2 Å². The minimum absolute atomic E-state index is 0.176. The number of hydrogen-bond acceptors (Lipinski definition) is 3. The maximum absolute atomic E-state index is 13.6. The summed E-state index contributed by atoms with van der Waals surface area (Å²) in [5, 5.41) is 2.72. The molecule has 0 fully saturated rings. The largest absolute Gasteiger partial charge is 0.494 e. The lowest BCUT2D eigenvalue weighted by molar-refractivity contribution is 0.202. The van der Waals surface area contributed by atoms with Crippen LogP contribution in [0.25, 0.3) is 0 Å². The van der Waals surface area contributed by atoms with Gasteiger partial charge in [0.15, 0.2) is 16.2 Å². The van der Waals surface area contributed by atoms with E-state index in [9.17, 15) is 9.18 Å². The van der Waals surface area contributed by atoms with E-state index < -0.39 is 5.82 Å². The van der Waals surface area contributed by atoms with Crippen molar-refractivity contribution in [1.29, 1.82) is 0 Å². The lowest BCUT2D eigenvalue weighted by Crippen LogP contribution is -2.36. The standard InChI is InChI=1S/C15H16BrFN2O3/c1-19(9-11-4-6-14(16)22-11)15(20)18-8-10-3-5-13(21-2)12(17)7-10/h3-7H,8-9H2,1-2H3,(H,18,20). The van der Waals surface area contributed by atoms with Crippen LogP contribution in [-0.2, 0) is 13.1 Å². The Balaban J connectivity index is 1.87. The molecule has 2 aromatic rings. The van der Waals surface area contributed by atoms with Gasteiger partial charge in [0, 0.05) is 13.6 Å². The highest BCUT2D eigenvalue weighted by atomic mass is 79.9. The van der Waals surface area contributed by atoms with E-state index >= 15 is 0 Å². The minimum atomic E-state index is -0.456. The van der Waals surface area contributed by atoms with Crippen molar-refractivity contribution in [2.24, 2.45) is 0 Å². The Kier molecular flexibility index (Phi) is 5.43. The molecule has 2 amide bonds. The number of hydrogen-bond donors (Lipinski definition) is 1. The molecule has 1 aromatic carbocycles. The van der Waals surface area contributed by atoms with Crippen molar-refractivity contribution in [3.63, 3.8) is 0 Å². The van der Waals surface area contributed by atoms with Gasteiger partial charge in [-0.3, -0.25) is 0 Å². The summed E-state index contributed by atoms with van der Waals surface area (Å²) in [6.07, 6.45) is 0. The molecule has 1 aromatic heterocycles. The van der Waals surface area contributed by atoms with Crippen molar-refractivity contribution in [1.82, 2.24) is 10.2 Å². The van der Waals surface area contributed by atoms with Crippen LogP contribution in [-0.4, -0.2) is 25.1 Å². The van der Waals surface area contributed by atoms with E-state index in [2.05, 4.69) is 21.2 Å². The molecule has 2 rings (SSSR count). The zero-order valence-corrected chi connectivity index (χ0v) is 13.8. The second-order valence-corrected chi connectivity index (χ2v) is 5.47. The Morgan fingerprint density at radius 3 is 2.77 bits per heavy atom. The quantitative estimate of drug-likeness (QED) is 0.875. The molecule has 7 heteroatoms. The summed E-state index contributed by atoms with van der Waals surface area (Å²) in [6, 6.07) is 7.84. The fraction of sp³-hybridized carbons (Fsp3) is 0.267. The van der Waals surface area contributed by atoms with Crippen molar-refractivity contribution < 1.29 is 18.3 Å². The molecule has 0 bridgehead atoms. The number of furan rings is 1. The Bertz CT molecular complexity index is 660. The van der Waals surface area contributed by atoms with Gasteiger partial charge in [0.05, 0.1) is 13.7 Å². The first kappa shape index (κ1) is 16.4. The first-order valence-electron chi connectivity index (χ1n) is 6.55. The maximum Gasteiger partial charge on any atom is 0.317 e. The average Bonchev–Trinajstić information content (AvgIpc) is 2.90. The molecular weight excluding hydrogens is 355 g/mol. The molecule has 1 N–H and O–H groups in total. The highest BCUT2D eigenvalue weighted by Crippen LogP contribution is 2.18. The lowest BCUT2D eigenvalue weighted by atomic mass is 10.2. The number of nitrogens with zero attached hydrogens (tertiary/aromatic N) is 1. The third kappa shape index (κ3) is 4.24. The second kappa shape index (κ2) is 7.31. The Morgan fingerprint density at radius 1 is 1.41 bits per heavy atom. The van der Waals surface area contributed by atoms with Gasteiger partial charge in [-0.05, 0) is 45.8 Å². The summed E-state index contributed by atoms with van der Waals surface area (Å²) in [6.45, 7) is 0.570. The van der Waals surface area contributed by atoms with Crippen LogP contribution in [0.15, 0.2) is 39.4 Å². The molecule has 0 spiro atoms. The maximum atomic E-state index is 13.6. The number of amides is 2. The first-order chi connectivity index (χ1) is 10.5. The van der Waals surface area contributed by atoms with Gasteiger partial charge in [-0.25, -0.2) is 9.18 Å². The number of halogens is 2. The zero-order valence-electron chi connectivity index (χ0n) is 12.2. The number of carbonyl (C=O) groups excluding carboxylic acids is 1. The third-order valence-electron chi connectivity index (χ3n) is 3.03. The van der Waals surface area contributed by atoms with Crippen LogP contribution in [0, 0.1) is 5.82 Å². The highest BCUT2D eigenvalue weighted by Gasteiger charge is 2.11. The summed E-state index contributed by atoms with van der Waals surface area (Å²) >= 11 is 3.21. The number of nitrogens with one attached hydrogen (secondary N) is 1. The Labute approximate surface area is 136 Å². The van der Waals surface area contributed by atoms with Gasteiger partial charge in [0.1, 0.15) is 5.76 Å². The van der Waals surface area contributed by atoms with Gasteiger partial charge in [-0.15, -0.1) is 0 Å². The summed E-state index contributed by atoms with van der Waals surface area (Å²) in [5.41, 5.74) is 0.654. The minimum Gasteiger partial charge on any atom is -0.494 e. The van der Waals surface area contributed by atoms with Gasteiger partial charge in [-0.1, -0.05) is 6.07 Å². The first-order valence-corrected chi connectivity index (χ1v) is 7.34.